The number of alkyl halides is 3. The minimum atomic E-state index is -4.69. The van der Waals surface area contributed by atoms with Crippen LogP contribution < -0.4 is 5.48 Å². The average molecular weight is 153 g/mol. The lowest BCUT2D eigenvalue weighted by Crippen LogP contribution is -2.18. The fraction of sp³-hybridized carbons (Fsp3) is 0.250. The zero-order valence-corrected chi connectivity index (χ0v) is 4.53. The van der Waals surface area contributed by atoms with Gasteiger partial charge < -0.3 is 4.74 Å². The van der Waals surface area contributed by atoms with Crippen LogP contribution >= 0.6 is 0 Å². The van der Waals surface area contributed by atoms with Crippen molar-refractivity contribution < 1.29 is 22.7 Å². The Hall–Kier alpha value is -0.910. The van der Waals surface area contributed by atoms with Crippen LogP contribution in [0, 0.1) is 6.61 Å². The van der Waals surface area contributed by atoms with Crippen LogP contribution in [0.1, 0.15) is 0 Å². The summed E-state index contributed by atoms with van der Waals surface area (Å²) in [7, 11) is 0. The van der Waals surface area contributed by atoms with E-state index in [1.54, 1.807) is 0 Å². The Morgan fingerprint density at radius 1 is 1.60 bits per heavy atom. The molecule has 1 N–H and O–H groups in total. The first-order valence-corrected chi connectivity index (χ1v) is 2.21. The van der Waals surface area contributed by atoms with E-state index in [2.05, 4.69) is 9.57 Å². The molecular weight excluding hydrogens is 151 g/mol. The van der Waals surface area contributed by atoms with Crippen molar-refractivity contribution in [2.45, 2.75) is 6.36 Å². The largest absolute Gasteiger partial charge is 0.574 e. The molecule has 0 aromatic carbocycles. The average Bonchev–Trinajstić information content (AvgIpc) is 2.12. The first-order chi connectivity index (χ1) is 4.58. The molecule has 0 unspecified atom stereocenters. The lowest BCUT2D eigenvalue weighted by molar-refractivity contribution is -0.310. The van der Waals surface area contributed by atoms with E-state index in [-0.39, 0.29) is 0 Å². The van der Waals surface area contributed by atoms with Crippen molar-refractivity contribution in [3.05, 3.63) is 18.6 Å². The fourth-order valence-electron chi connectivity index (χ4n) is 0.367. The molecule has 0 aromatic heterocycles. The third-order valence-electron chi connectivity index (χ3n) is 0.626. The Balaban J connectivity index is 2.38. The number of hydroxylamine groups is 1. The van der Waals surface area contributed by atoms with Gasteiger partial charge in [0, 0.05) is 6.08 Å². The standard InChI is InChI=1S/C4H2F3NO2/c5-4(6,7)10-3-1-2-9-8-3/h1,8H. The molecule has 0 spiro atoms. The summed E-state index contributed by atoms with van der Waals surface area (Å²) in [6, 6.07) is 0. The van der Waals surface area contributed by atoms with E-state index in [1.807, 2.05) is 12.1 Å². The van der Waals surface area contributed by atoms with Gasteiger partial charge in [0.1, 0.15) is 0 Å². The molecule has 10 heavy (non-hydrogen) atoms. The highest BCUT2D eigenvalue weighted by Crippen LogP contribution is 2.20. The van der Waals surface area contributed by atoms with Crippen LogP contribution in [-0.4, -0.2) is 6.36 Å². The molecule has 1 aliphatic heterocycles. The van der Waals surface area contributed by atoms with Crippen LogP contribution in [0.5, 0.6) is 0 Å². The van der Waals surface area contributed by atoms with E-state index in [4.69, 9.17) is 0 Å². The van der Waals surface area contributed by atoms with Crippen molar-refractivity contribution in [3.63, 3.8) is 0 Å². The van der Waals surface area contributed by atoms with Gasteiger partial charge in [0.2, 0.25) is 5.88 Å². The zero-order chi connectivity index (χ0) is 7.61. The minimum Gasteiger partial charge on any atom is -0.388 e. The maximum atomic E-state index is 11.3. The molecule has 3 nitrogen and oxygen atoms in total. The number of hydrogen-bond acceptors (Lipinski definition) is 3. The highest BCUT2D eigenvalue weighted by atomic mass is 19.4. The van der Waals surface area contributed by atoms with Gasteiger partial charge in [-0.25, -0.2) is 5.48 Å². The molecule has 0 aliphatic carbocycles. The van der Waals surface area contributed by atoms with E-state index in [0.29, 0.717) is 0 Å². The number of nitrogens with one attached hydrogen (secondary N) is 1. The molecule has 0 fully saturated rings. The Bertz CT molecular complexity index is 153. The first-order valence-electron chi connectivity index (χ1n) is 2.21. The molecule has 0 saturated heterocycles. The highest BCUT2D eigenvalue weighted by molar-refractivity contribution is 4.99. The van der Waals surface area contributed by atoms with Crippen LogP contribution in [0.3, 0.4) is 0 Å². The van der Waals surface area contributed by atoms with Crippen LogP contribution in [0.15, 0.2) is 12.0 Å². The van der Waals surface area contributed by atoms with Gasteiger partial charge in [-0.15, -0.1) is 13.2 Å². The van der Waals surface area contributed by atoms with Crippen molar-refractivity contribution in [3.8, 4) is 0 Å². The maximum Gasteiger partial charge on any atom is 0.574 e. The van der Waals surface area contributed by atoms with Crippen molar-refractivity contribution >= 4 is 0 Å². The zero-order valence-electron chi connectivity index (χ0n) is 4.53. The summed E-state index contributed by atoms with van der Waals surface area (Å²) in [5.74, 6) is -0.521. The van der Waals surface area contributed by atoms with E-state index >= 15 is 0 Å². The molecule has 0 amide bonds. The number of ether oxygens (including phenoxy) is 1. The second-order valence-electron chi connectivity index (χ2n) is 1.38. The van der Waals surface area contributed by atoms with Crippen molar-refractivity contribution in [2.24, 2.45) is 0 Å². The summed E-state index contributed by atoms with van der Waals surface area (Å²) >= 11 is 0. The Morgan fingerprint density at radius 3 is 2.70 bits per heavy atom. The second-order valence-corrected chi connectivity index (χ2v) is 1.38. The maximum absolute atomic E-state index is 11.3. The predicted octanol–water partition coefficient (Wildman–Crippen LogP) is 0.938. The summed E-state index contributed by atoms with van der Waals surface area (Å²) in [6.45, 7) is 2.00. The molecule has 1 heterocycles. The second kappa shape index (κ2) is 2.37. The number of rotatable bonds is 1. The molecule has 0 atom stereocenters. The van der Waals surface area contributed by atoms with Gasteiger partial charge in [-0.3, -0.25) is 4.84 Å². The van der Waals surface area contributed by atoms with E-state index < -0.39 is 12.2 Å². The van der Waals surface area contributed by atoms with Crippen LogP contribution in [0.2, 0.25) is 0 Å². The molecule has 0 aromatic rings. The third kappa shape index (κ3) is 2.14. The summed E-state index contributed by atoms with van der Waals surface area (Å²) < 4.78 is 37.3. The van der Waals surface area contributed by atoms with Crippen LogP contribution in [0.4, 0.5) is 13.2 Å². The number of halogens is 3. The Labute approximate surface area is 54.4 Å². The van der Waals surface area contributed by atoms with Gasteiger partial charge in [0.05, 0.1) is 0 Å². The van der Waals surface area contributed by atoms with Crippen LogP contribution in [-0.2, 0) is 9.57 Å². The molecule has 0 bridgehead atoms. The van der Waals surface area contributed by atoms with Crippen LogP contribution in [0.25, 0.3) is 0 Å². The molecule has 2 radical (unpaired) electrons. The smallest absolute Gasteiger partial charge is 0.388 e. The van der Waals surface area contributed by atoms with Crippen molar-refractivity contribution in [1.82, 2.24) is 5.48 Å². The molecule has 1 aliphatic rings. The van der Waals surface area contributed by atoms with Crippen molar-refractivity contribution in [2.75, 3.05) is 0 Å². The fourth-order valence-corrected chi connectivity index (χ4v) is 0.367. The quantitative estimate of drug-likeness (QED) is 0.608. The SMILES string of the molecule is FC(F)(F)OC1=C[C]ON1. The van der Waals surface area contributed by atoms with Gasteiger partial charge in [-0.05, 0) is 0 Å². The topological polar surface area (TPSA) is 30.5 Å². The third-order valence-corrected chi connectivity index (χ3v) is 0.626. The van der Waals surface area contributed by atoms with Gasteiger partial charge in [-0.1, -0.05) is 0 Å². The van der Waals surface area contributed by atoms with E-state index in [1.165, 1.54) is 0 Å². The lowest BCUT2D eigenvalue weighted by Gasteiger charge is -2.07. The molecular formula is C4H2F3NO2. The summed E-state index contributed by atoms with van der Waals surface area (Å²) in [4.78, 5) is 4.09. The first kappa shape index (κ1) is 7.20. The Morgan fingerprint density at radius 2 is 2.30 bits per heavy atom. The molecule has 1 rings (SSSR count). The predicted molar refractivity (Wildman–Crippen MR) is 22.7 cm³/mol. The summed E-state index contributed by atoms with van der Waals surface area (Å²) in [5, 5.41) is 0. The molecule has 6 heteroatoms. The molecule has 0 saturated carbocycles. The minimum absolute atomic E-state index is 0.521. The van der Waals surface area contributed by atoms with E-state index in [9.17, 15) is 13.2 Å². The van der Waals surface area contributed by atoms with Crippen molar-refractivity contribution in [1.29, 1.82) is 0 Å². The summed E-state index contributed by atoms with van der Waals surface area (Å²) in [6.07, 6.45) is -3.79. The Kier molecular flexibility index (Phi) is 1.71. The summed E-state index contributed by atoms with van der Waals surface area (Å²) in [5.41, 5.74) is 1.82. The highest BCUT2D eigenvalue weighted by Gasteiger charge is 2.33. The van der Waals surface area contributed by atoms with Gasteiger partial charge in [-0.2, -0.15) is 0 Å². The lowest BCUT2D eigenvalue weighted by atomic mass is 10.6. The van der Waals surface area contributed by atoms with Gasteiger partial charge in [0.25, 0.3) is 0 Å². The normalized spacial score (nSPS) is 18.1. The monoisotopic (exact) mass is 153 g/mol. The van der Waals surface area contributed by atoms with Gasteiger partial charge in [0.15, 0.2) is 6.61 Å². The van der Waals surface area contributed by atoms with Gasteiger partial charge >= 0.3 is 6.36 Å². The van der Waals surface area contributed by atoms with E-state index in [0.717, 1.165) is 6.08 Å². The molecule has 56 valence electrons. The number of hydrogen-bond donors (Lipinski definition) is 1.